The van der Waals surface area contributed by atoms with E-state index in [4.69, 9.17) is 4.84 Å². The lowest BCUT2D eigenvalue weighted by molar-refractivity contribution is -1.04. The van der Waals surface area contributed by atoms with Gasteiger partial charge in [0.15, 0.2) is 0 Å². The Kier molecular flexibility index (Phi) is 4.07. The highest BCUT2D eigenvalue weighted by Crippen LogP contribution is 2.04. The van der Waals surface area contributed by atoms with Crippen molar-refractivity contribution in [2.24, 2.45) is 0 Å². The Morgan fingerprint density at radius 3 is 2.45 bits per heavy atom. The van der Waals surface area contributed by atoms with Gasteiger partial charge in [-0.3, -0.25) is 0 Å². The van der Waals surface area contributed by atoms with Gasteiger partial charge in [-0.2, -0.15) is 4.84 Å². The van der Waals surface area contributed by atoms with Crippen molar-refractivity contribution in [2.75, 3.05) is 20.7 Å². The maximum absolute atomic E-state index is 10.5. The van der Waals surface area contributed by atoms with Crippen molar-refractivity contribution in [3.63, 3.8) is 0 Å². The van der Waals surface area contributed by atoms with Crippen molar-refractivity contribution in [2.45, 2.75) is 19.8 Å². The third-order valence-corrected chi connectivity index (χ3v) is 1.73. The molecular weight excluding hydrogens is 146 g/mol. The number of hydrogen-bond acceptors (Lipinski definition) is 3. The fraction of sp³-hybridized carbons (Fsp3) is 0.857. The first-order chi connectivity index (χ1) is 5.06. The van der Waals surface area contributed by atoms with Gasteiger partial charge in [0.2, 0.25) is 0 Å². The van der Waals surface area contributed by atoms with E-state index in [0.717, 1.165) is 12.8 Å². The molecule has 0 saturated carbocycles. The lowest BCUT2D eigenvalue weighted by Gasteiger charge is -2.28. The zero-order valence-electron chi connectivity index (χ0n) is 7.29. The Morgan fingerprint density at radius 2 is 2.18 bits per heavy atom. The average Bonchev–Trinajstić information content (AvgIpc) is 2.00. The van der Waals surface area contributed by atoms with E-state index in [1.54, 1.807) is 0 Å². The highest BCUT2D eigenvalue weighted by atomic mass is 16.7. The number of quaternary nitrogens is 1. The van der Waals surface area contributed by atoms with E-state index in [-0.39, 0.29) is 0 Å². The van der Waals surface area contributed by atoms with E-state index in [1.807, 2.05) is 6.92 Å². The van der Waals surface area contributed by atoms with Gasteiger partial charge in [0, 0.05) is 0 Å². The molecular formula is C7H15NO3. The summed E-state index contributed by atoms with van der Waals surface area (Å²) in [5.74, 6) is 0. The maximum atomic E-state index is 10.5. The molecule has 11 heavy (non-hydrogen) atoms. The van der Waals surface area contributed by atoms with Crippen LogP contribution in [0.1, 0.15) is 19.8 Å². The van der Waals surface area contributed by atoms with E-state index < -0.39 is 10.7 Å². The van der Waals surface area contributed by atoms with Crippen molar-refractivity contribution < 1.29 is 19.4 Å². The molecule has 1 atom stereocenters. The normalized spacial score (nSPS) is 15.9. The predicted octanol–water partition coefficient (Wildman–Crippen LogP) is 0.138. The largest absolute Gasteiger partial charge is 0.496 e. The van der Waals surface area contributed by atoms with Gasteiger partial charge in [0.25, 0.3) is 6.09 Å². The minimum absolute atomic E-state index is 0.454. The van der Waals surface area contributed by atoms with Crippen molar-refractivity contribution in [3.8, 4) is 0 Å². The molecule has 0 bridgehead atoms. The smallest absolute Gasteiger partial charge is 0.291 e. The first-order valence-corrected chi connectivity index (χ1v) is 3.69. The SMILES string of the molecule is CCCC[N+](C)(OC)C(=O)[O-]. The summed E-state index contributed by atoms with van der Waals surface area (Å²) in [6.45, 7) is 2.45. The summed E-state index contributed by atoms with van der Waals surface area (Å²) in [6.07, 6.45) is 0.573. The standard InChI is InChI=1S/C7H15NO3/c1-4-5-6-8(2,11-3)7(9)10/h4-6H2,1-3H3. The summed E-state index contributed by atoms with van der Waals surface area (Å²) >= 11 is 0. The summed E-state index contributed by atoms with van der Waals surface area (Å²) in [6, 6.07) is 0. The highest BCUT2D eigenvalue weighted by molar-refractivity contribution is 5.52. The number of hydroxylamine groups is 3. The number of carbonyl (C=O) groups excluding carboxylic acids is 1. The lowest BCUT2D eigenvalue weighted by Crippen LogP contribution is -2.55. The van der Waals surface area contributed by atoms with Gasteiger partial charge in [0.05, 0.1) is 7.11 Å². The molecule has 1 amide bonds. The molecule has 0 fully saturated rings. The van der Waals surface area contributed by atoms with Crippen LogP contribution in [0.2, 0.25) is 0 Å². The van der Waals surface area contributed by atoms with Crippen LogP contribution in [0.15, 0.2) is 0 Å². The molecule has 0 aliphatic rings. The molecule has 0 rings (SSSR count). The molecule has 0 radical (unpaired) electrons. The van der Waals surface area contributed by atoms with Crippen molar-refractivity contribution in [1.82, 2.24) is 0 Å². The van der Waals surface area contributed by atoms with Crippen LogP contribution in [0.3, 0.4) is 0 Å². The molecule has 1 unspecified atom stereocenters. The Bertz CT molecular complexity index is 138. The minimum Gasteiger partial charge on any atom is -0.496 e. The Balaban J connectivity index is 3.99. The second kappa shape index (κ2) is 4.31. The molecule has 0 aromatic rings. The molecule has 0 N–H and O–H groups in total. The number of nitrogens with zero attached hydrogens (tertiary/aromatic N) is 1. The zero-order valence-corrected chi connectivity index (χ0v) is 7.29. The van der Waals surface area contributed by atoms with Crippen LogP contribution in [-0.4, -0.2) is 31.4 Å². The number of carboxylic acid groups (broad SMARTS) is 1. The van der Waals surface area contributed by atoms with Crippen LogP contribution < -0.4 is 5.11 Å². The quantitative estimate of drug-likeness (QED) is 0.435. The first kappa shape index (κ1) is 10.4. The number of carbonyl (C=O) groups is 1. The Hall–Kier alpha value is -0.610. The fourth-order valence-electron chi connectivity index (χ4n) is 0.717. The number of rotatable bonds is 4. The molecule has 4 heteroatoms. The molecule has 0 aliphatic carbocycles. The second-order valence-electron chi connectivity index (χ2n) is 2.63. The molecule has 0 saturated heterocycles. The van der Waals surface area contributed by atoms with Crippen LogP contribution in [0.4, 0.5) is 4.79 Å². The van der Waals surface area contributed by atoms with Gasteiger partial charge < -0.3 is 9.90 Å². The van der Waals surface area contributed by atoms with E-state index in [2.05, 4.69) is 0 Å². The monoisotopic (exact) mass is 161 g/mol. The van der Waals surface area contributed by atoms with Crippen LogP contribution in [0.25, 0.3) is 0 Å². The van der Waals surface area contributed by atoms with Crippen molar-refractivity contribution in [3.05, 3.63) is 0 Å². The van der Waals surface area contributed by atoms with Gasteiger partial charge >= 0.3 is 0 Å². The zero-order chi connectivity index (χ0) is 8.91. The van der Waals surface area contributed by atoms with Crippen LogP contribution in [0.5, 0.6) is 0 Å². The summed E-state index contributed by atoms with van der Waals surface area (Å²) < 4.78 is -0.464. The van der Waals surface area contributed by atoms with Gasteiger partial charge in [-0.25, -0.2) is 0 Å². The number of unbranched alkanes of at least 4 members (excludes halogenated alkanes) is 1. The molecule has 66 valence electrons. The van der Waals surface area contributed by atoms with E-state index in [9.17, 15) is 9.90 Å². The van der Waals surface area contributed by atoms with Gasteiger partial charge in [0.1, 0.15) is 13.6 Å². The maximum Gasteiger partial charge on any atom is 0.291 e. The topological polar surface area (TPSA) is 49.4 Å². The predicted molar refractivity (Wildman–Crippen MR) is 38.4 cm³/mol. The van der Waals surface area contributed by atoms with Gasteiger partial charge in [-0.15, -0.1) is 4.65 Å². The summed E-state index contributed by atoms with van der Waals surface area (Å²) in [7, 11) is 2.84. The molecule has 0 aromatic carbocycles. The lowest BCUT2D eigenvalue weighted by atomic mass is 10.3. The van der Waals surface area contributed by atoms with E-state index in [0.29, 0.717) is 6.54 Å². The summed E-state index contributed by atoms with van der Waals surface area (Å²) in [5.41, 5.74) is 0. The summed E-state index contributed by atoms with van der Waals surface area (Å²) in [5, 5.41) is 10.5. The first-order valence-electron chi connectivity index (χ1n) is 3.69. The molecule has 0 aromatic heterocycles. The molecule has 4 nitrogen and oxygen atoms in total. The van der Waals surface area contributed by atoms with Gasteiger partial charge in [-0.1, -0.05) is 13.3 Å². The van der Waals surface area contributed by atoms with Gasteiger partial charge in [-0.05, 0) is 6.42 Å². The summed E-state index contributed by atoms with van der Waals surface area (Å²) in [4.78, 5) is 15.3. The van der Waals surface area contributed by atoms with E-state index in [1.165, 1.54) is 14.2 Å². The van der Waals surface area contributed by atoms with Crippen LogP contribution in [-0.2, 0) is 4.84 Å². The van der Waals surface area contributed by atoms with Crippen LogP contribution >= 0.6 is 0 Å². The number of amides is 1. The van der Waals surface area contributed by atoms with E-state index >= 15 is 0 Å². The number of hydrogen-bond donors (Lipinski definition) is 0. The third-order valence-electron chi connectivity index (χ3n) is 1.73. The molecule has 0 heterocycles. The minimum atomic E-state index is -1.19. The average molecular weight is 161 g/mol. The molecule has 0 spiro atoms. The Morgan fingerprint density at radius 1 is 1.64 bits per heavy atom. The second-order valence-corrected chi connectivity index (χ2v) is 2.63. The highest BCUT2D eigenvalue weighted by Gasteiger charge is 2.23. The molecule has 0 aliphatic heterocycles. The Labute approximate surface area is 66.9 Å². The van der Waals surface area contributed by atoms with Crippen molar-refractivity contribution in [1.29, 1.82) is 0 Å². The fourth-order valence-corrected chi connectivity index (χ4v) is 0.717. The van der Waals surface area contributed by atoms with Crippen LogP contribution in [0, 0.1) is 0 Å². The van der Waals surface area contributed by atoms with Crippen molar-refractivity contribution >= 4 is 6.09 Å². The third kappa shape index (κ3) is 2.86.